The van der Waals surface area contributed by atoms with E-state index in [2.05, 4.69) is 24.1 Å². The minimum absolute atomic E-state index is 0.391. The highest BCUT2D eigenvalue weighted by Gasteiger charge is 2.15. The summed E-state index contributed by atoms with van der Waals surface area (Å²) in [5.74, 6) is 0.769. The first-order valence-corrected chi connectivity index (χ1v) is 8.37. The van der Waals surface area contributed by atoms with E-state index in [-0.39, 0.29) is 0 Å². The van der Waals surface area contributed by atoms with Crippen LogP contribution < -0.4 is 15.4 Å². The maximum Gasteiger partial charge on any atom is 0.407 e. The Labute approximate surface area is 145 Å². The van der Waals surface area contributed by atoms with Crippen molar-refractivity contribution in [3.05, 3.63) is 36.9 Å². The van der Waals surface area contributed by atoms with Crippen molar-refractivity contribution in [2.45, 2.75) is 52.2 Å². The maximum atomic E-state index is 11.5. The van der Waals surface area contributed by atoms with Crippen LogP contribution in [0.2, 0.25) is 0 Å². The molecule has 1 aromatic rings. The fourth-order valence-electron chi connectivity index (χ4n) is 2.01. The highest BCUT2D eigenvalue weighted by Crippen LogP contribution is 2.17. The minimum atomic E-state index is -0.490. The SMILES string of the molecule is C=CCCC(C)Nc1ccc(OCCNC(=O)OC(C)(C)C)cc1. The van der Waals surface area contributed by atoms with Crippen molar-refractivity contribution in [3.8, 4) is 5.75 Å². The number of anilines is 1. The zero-order valence-corrected chi connectivity index (χ0v) is 15.2. The molecule has 24 heavy (non-hydrogen) atoms. The van der Waals surface area contributed by atoms with Crippen molar-refractivity contribution < 1.29 is 14.3 Å². The van der Waals surface area contributed by atoms with Crippen LogP contribution in [0, 0.1) is 0 Å². The van der Waals surface area contributed by atoms with Crippen molar-refractivity contribution in [3.63, 3.8) is 0 Å². The Morgan fingerprint density at radius 2 is 1.96 bits per heavy atom. The van der Waals surface area contributed by atoms with Crippen LogP contribution in [0.25, 0.3) is 0 Å². The number of hydrogen-bond acceptors (Lipinski definition) is 4. The van der Waals surface area contributed by atoms with Gasteiger partial charge in [0.05, 0.1) is 6.54 Å². The Kier molecular flexibility index (Phi) is 8.16. The molecule has 0 saturated heterocycles. The summed E-state index contributed by atoms with van der Waals surface area (Å²) in [5, 5.41) is 6.09. The predicted octanol–water partition coefficient (Wildman–Crippen LogP) is 4.36. The van der Waals surface area contributed by atoms with Crippen LogP contribution in [-0.2, 0) is 4.74 Å². The van der Waals surface area contributed by atoms with Gasteiger partial charge < -0.3 is 20.1 Å². The van der Waals surface area contributed by atoms with Crippen LogP contribution >= 0.6 is 0 Å². The van der Waals surface area contributed by atoms with E-state index in [4.69, 9.17) is 9.47 Å². The molecule has 0 heterocycles. The molecule has 1 unspecified atom stereocenters. The van der Waals surface area contributed by atoms with Gasteiger partial charge in [-0.3, -0.25) is 0 Å². The number of rotatable bonds is 9. The lowest BCUT2D eigenvalue weighted by molar-refractivity contribution is 0.0520. The van der Waals surface area contributed by atoms with E-state index in [0.717, 1.165) is 24.3 Å². The summed E-state index contributed by atoms with van der Waals surface area (Å²) >= 11 is 0. The van der Waals surface area contributed by atoms with E-state index >= 15 is 0 Å². The summed E-state index contributed by atoms with van der Waals surface area (Å²) in [6.07, 6.45) is 3.55. The number of benzene rings is 1. The van der Waals surface area contributed by atoms with E-state index in [0.29, 0.717) is 19.2 Å². The quantitative estimate of drug-likeness (QED) is 0.520. The molecule has 5 nitrogen and oxygen atoms in total. The molecule has 1 atom stereocenters. The van der Waals surface area contributed by atoms with Crippen LogP contribution in [0.4, 0.5) is 10.5 Å². The van der Waals surface area contributed by atoms with E-state index in [1.165, 1.54) is 0 Å². The van der Waals surface area contributed by atoms with Gasteiger partial charge >= 0.3 is 6.09 Å². The molecule has 0 aliphatic rings. The van der Waals surface area contributed by atoms with Gasteiger partial charge in [-0.1, -0.05) is 6.08 Å². The van der Waals surface area contributed by atoms with E-state index in [1.807, 2.05) is 51.1 Å². The van der Waals surface area contributed by atoms with Crippen molar-refractivity contribution in [2.75, 3.05) is 18.5 Å². The molecule has 2 N–H and O–H groups in total. The average Bonchev–Trinajstić information content (AvgIpc) is 2.49. The van der Waals surface area contributed by atoms with Gasteiger partial charge in [0.1, 0.15) is 18.0 Å². The van der Waals surface area contributed by atoms with Gasteiger partial charge in [0.25, 0.3) is 0 Å². The van der Waals surface area contributed by atoms with Crippen LogP contribution in [0.5, 0.6) is 5.75 Å². The van der Waals surface area contributed by atoms with Crippen molar-refractivity contribution >= 4 is 11.8 Å². The van der Waals surface area contributed by atoms with Crippen LogP contribution in [0.15, 0.2) is 36.9 Å². The highest BCUT2D eigenvalue weighted by molar-refractivity contribution is 5.67. The third-order valence-electron chi connectivity index (χ3n) is 3.11. The highest BCUT2D eigenvalue weighted by atomic mass is 16.6. The number of amides is 1. The molecular formula is C19H30N2O3. The number of hydrogen-bond donors (Lipinski definition) is 2. The zero-order valence-electron chi connectivity index (χ0n) is 15.2. The topological polar surface area (TPSA) is 59.6 Å². The zero-order chi connectivity index (χ0) is 18.0. The Morgan fingerprint density at radius 3 is 2.54 bits per heavy atom. The lowest BCUT2D eigenvalue weighted by Gasteiger charge is -2.19. The standard InChI is InChI=1S/C19H30N2O3/c1-6-7-8-15(2)21-16-9-11-17(12-10-16)23-14-13-20-18(22)24-19(3,4)5/h6,9-12,15,21H,1,7-8,13-14H2,2-5H3,(H,20,22). The van der Waals surface area contributed by atoms with E-state index < -0.39 is 11.7 Å². The second-order valence-electron chi connectivity index (χ2n) is 6.71. The monoisotopic (exact) mass is 334 g/mol. The molecule has 0 saturated carbocycles. The minimum Gasteiger partial charge on any atom is -0.492 e. The first kappa shape index (κ1) is 19.9. The summed E-state index contributed by atoms with van der Waals surface area (Å²) < 4.78 is 10.8. The first-order valence-electron chi connectivity index (χ1n) is 8.37. The second-order valence-corrected chi connectivity index (χ2v) is 6.71. The van der Waals surface area contributed by atoms with Crippen molar-refractivity contribution in [2.24, 2.45) is 0 Å². The number of carbonyl (C=O) groups is 1. The third-order valence-corrected chi connectivity index (χ3v) is 3.11. The summed E-state index contributed by atoms with van der Waals surface area (Å²) in [7, 11) is 0. The Balaban J connectivity index is 2.27. The molecule has 1 rings (SSSR count). The van der Waals surface area contributed by atoms with Gasteiger partial charge in [0.15, 0.2) is 0 Å². The molecule has 0 radical (unpaired) electrons. The van der Waals surface area contributed by atoms with Crippen molar-refractivity contribution in [1.29, 1.82) is 0 Å². The number of alkyl carbamates (subject to hydrolysis) is 1. The fourth-order valence-corrected chi connectivity index (χ4v) is 2.01. The molecule has 0 aliphatic carbocycles. The van der Waals surface area contributed by atoms with Gasteiger partial charge in [-0.05, 0) is 64.8 Å². The van der Waals surface area contributed by atoms with Gasteiger partial charge in [-0.2, -0.15) is 0 Å². The van der Waals surface area contributed by atoms with Crippen LogP contribution in [-0.4, -0.2) is 30.9 Å². The largest absolute Gasteiger partial charge is 0.492 e. The molecular weight excluding hydrogens is 304 g/mol. The fraction of sp³-hybridized carbons (Fsp3) is 0.526. The van der Waals surface area contributed by atoms with Gasteiger partial charge in [-0.15, -0.1) is 6.58 Å². The molecule has 0 aliphatic heterocycles. The van der Waals surface area contributed by atoms with Crippen LogP contribution in [0.3, 0.4) is 0 Å². The Bertz CT molecular complexity index is 506. The lowest BCUT2D eigenvalue weighted by Crippen LogP contribution is -2.34. The van der Waals surface area contributed by atoms with E-state index in [9.17, 15) is 4.79 Å². The van der Waals surface area contributed by atoms with Crippen molar-refractivity contribution in [1.82, 2.24) is 5.32 Å². The Hall–Kier alpha value is -2.17. The smallest absolute Gasteiger partial charge is 0.407 e. The van der Waals surface area contributed by atoms with E-state index in [1.54, 1.807) is 0 Å². The Morgan fingerprint density at radius 1 is 1.29 bits per heavy atom. The molecule has 0 bridgehead atoms. The maximum absolute atomic E-state index is 11.5. The molecule has 134 valence electrons. The lowest BCUT2D eigenvalue weighted by atomic mass is 10.1. The normalized spacial score (nSPS) is 12.2. The average molecular weight is 334 g/mol. The summed E-state index contributed by atoms with van der Waals surface area (Å²) in [6, 6.07) is 8.20. The number of nitrogens with one attached hydrogen (secondary N) is 2. The third kappa shape index (κ3) is 9.08. The van der Waals surface area contributed by atoms with Crippen LogP contribution in [0.1, 0.15) is 40.5 Å². The molecule has 0 aromatic heterocycles. The molecule has 1 amide bonds. The molecule has 5 heteroatoms. The number of ether oxygens (including phenoxy) is 2. The predicted molar refractivity (Wildman–Crippen MR) is 98.7 cm³/mol. The summed E-state index contributed by atoms with van der Waals surface area (Å²) in [6.45, 7) is 12.2. The number of allylic oxidation sites excluding steroid dienone is 1. The summed E-state index contributed by atoms with van der Waals surface area (Å²) in [4.78, 5) is 11.5. The molecule has 0 spiro atoms. The van der Waals surface area contributed by atoms with Gasteiger partial charge in [-0.25, -0.2) is 4.79 Å². The molecule has 1 aromatic carbocycles. The second kappa shape index (κ2) is 9.85. The van der Waals surface area contributed by atoms with Gasteiger partial charge in [0.2, 0.25) is 0 Å². The summed E-state index contributed by atoms with van der Waals surface area (Å²) in [5.41, 5.74) is 0.571. The molecule has 0 fully saturated rings. The first-order chi connectivity index (χ1) is 11.3. The number of carbonyl (C=O) groups excluding carboxylic acids is 1. The van der Waals surface area contributed by atoms with Gasteiger partial charge in [0, 0.05) is 11.7 Å².